The van der Waals surface area contributed by atoms with Gasteiger partial charge < -0.3 is 9.90 Å². The van der Waals surface area contributed by atoms with Gasteiger partial charge in [-0.1, -0.05) is 25.6 Å². The summed E-state index contributed by atoms with van der Waals surface area (Å²) >= 11 is 0. The van der Waals surface area contributed by atoms with Crippen LogP contribution < -0.4 is 34.7 Å². The molecule has 0 heterocycles. The van der Waals surface area contributed by atoms with Gasteiger partial charge in [-0.3, -0.25) is 0 Å². The average Bonchev–Trinajstić information content (AvgIpc) is 1.84. The average molecular weight is 172 g/mol. The molecule has 0 unspecified atom stereocenters. The fraction of sp³-hybridized carbons (Fsp3) is 0.833. The molecule has 2 nitrogen and oxygen atoms in total. The van der Waals surface area contributed by atoms with Gasteiger partial charge >= 0.3 is 29.6 Å². The van der Waals surface area contributed by atoms with Crippen LogP contribution in [-0.2, 0) is 4.79 Å². The summed E-state index contributed by atoms with van der Waals surface area (Å²) in [5.41, 5.74) is 0. The Morgan fingerprint density at radius 3 is 2.10 bits per heavy atom. The molecule has 0 bridgehead atoms. The third-order valence-corrected chi connectivity index (χ3v) is 1.41. The summed E-state index contributed by atoms with van der Waals surface area (Å²) in [6.07, 6.45) is -2.92. The molecular weight excluding hydrogens is 155 g/mol. The van der Waals surface area contributed by atoms with Gasteiger partial charge in [0, 0.05) is 19.5 Å². The van der Waals surface area contributed by atoms with E-state index in [2.05, 4.69) is 0 Å². The van der Waals surface area contributed by atoms with Crippen LogP contribution in [0.25, 0.3) is 0 Å². The molecule has 0 aromatic carbocycles. The molecule has 54 valence electrons. The summed E-state index contributed by atoms with van der Waals surface area (Å²) in [6.45, 7) is 4.73. The number of aliphatic carboxylic acids is 1. The molecular formula is C6H13NaO2Si. The second kappa shape index (κ2) is 5.35. The summed E-state index contributed by atoms with van der Waals surface area (Å²) in [4.78, 5) is 10.4. The van der Waals surface area contributed by atoms with Crippen molar-refractivity contribution in [2.45, 2.75) is 32.0 Å². The number of carbonyl (C=O) groups is 1. The van der Waals surface area contributed by atoms with E-state index in [1.807, 2.05) is 0 Å². The Kier molecular flexibility index (Phi) is 3.33. The van der Waals surface area contributed by atoms with Gasteiger partial charge in [0.15, 0.2) is 0 Å². The second-order valence-corrected chi connectivity index (χ2v) is 7.54. The van der Waals surface area contributed by atoms with Crippen molar-refractivity contribution in [3.05, 3.63) is 0 Å². The van der Waals surface area contributed by atoms with Crippen LogP contribution in [0.4, 0.5) is 0 Å². The molecule has 0 aliphatic carbocycles. The molecule has 0 aliphatic rings. The predicted molar refractivity (Wildman–Crippen MR) is 37.8 cm³/mol. The minimum atomic E-state index is -2.92. The Labute approximate surface area is 90.9 Å². The molecule has 0 fully saturated rings. The van der Waals surface area contributed by atoms with Crippen LogP contribution in [0.2, 0.25) is 25.6 Å². The van der Waals surface area contributed by atoms with Crippen molar-refractivity contribution < 1.29 is 44.9 Å². The third-order valence-electron chi connectivity index (χ3n) is 0.540. The van der Waals surface area contributed by atoms with E-state index in [1.54, 1.807) is 19.6 Å². The molecule has 0 N–H and O–H groups in total. The van der Waals surface area contributed by atoms with Crippen molar-refractivity contribution >= 4 is 14.0 Å². The van der Waals surface area contributed by atoms with Crippen molar-refractivity contribution in [1.29, 1.82) is 0 Å². The normalized spacial score (nSPS) is 19.1. The zero-order valence-corrected chi connectivity index (χ0v) is 9.82. The van der Waals surface area contributed by atoms with Gasteiger partial charge in [0.2, 0.25) is 0 Å². The van der Waals surface area contributed by atoms with Crippen LogP contribution in [0.5, 0.6) is 0 Å². The van der Waals surface area contributed by atoms with Gasteiger partial charge in [0.1, 0.15) is 0 Å². The quantitative estimate of drug-likeness (QED) is 0.440. The Hall–Kier alpha value is 0.687. The Morgan fingerprint density at radius 1 is 1.60 bits per heavy atom. The molecule has 0 saturated carbocycles. The first-order valence-corrected chi connectivity index (χ1v) is 6.16. The molecule has 0 amide bonds. The molecule has 0 atom stereocenters. The van der Waals surface area contributed by atoms with Crippen LogP contribution in [0, 0.1) is 0 Å². The third kappa shape index (κ3) is 11.5. The van der Waals surface area contributed by atoms with Crippen LogP contribution >= 0.6 is 0 Å². The second-order valence-electron chi connectivity index (χ2n) is 2.79. The molecule has 0 rings (SSSR count). The van der Waals surface area contributed by atoms with Crippen LogP contribution in [0.3, 0.4) is 0 Å². The summed E-state index contributed by atoms with van der Waals surface area (Å²) in [5.74, 6) is -4.32. The first-order chi connectivity index (χ1) is 5.44. The van der Waals surface area contributed by atoms with E-state index in [9.17, 15) is 9.90 Å². The molecule has 0 aromatic heterocycles. The van der Waals surface area contributed by atoms with Crippen LogP contribution in [0.15, 0.2) is 0 Å². The van der Waals surface area contributed by atoms with E-state index >= 15 is 0 Å². The maximum atomic E-state index is 10.4. The molecule has 0 aliphatic heterocycles. The molecule has 0 saturated heterocycles. The van der Waals surface area contributed by atoms with E-state index in [0.717, 1.165) is 0 Å². The van der Waals surface area contributed by atoms with E-state index in [4.69, 9.17) is 5.48 Å². The Balaban J connectivity index is 0. The number of hydrogen-bond donors (Lipinski definition) is 0. The zero-order valence-electron chi connectivity index (χ0n) is 10.8. The first-order valence-electron chi connectivity index (χ1n) is 4.66. The van der Waals surface area contributed by atoms with E-state index < -0.39 is 26.4 Å². The minimum Gasteiger partial charge on any atom is -0.550 e. The van der Waals surface area contributed by atoms with Gasteiger partial charge in [-0.15, -0.1) is 0 Å². The summed E-state index contributed by atoms with van der Waals surface area (Å²) in [7, 11) is -2.55. The van der Waals surface area contributed by atoms with Gasteiger partial charge in [-0.2, -0.15) is 0 Å². The van der Waals surface area contributed by atoms with Gasteiger partial charge in [-0.25, -0.2) is 0 Å². The van der Waals surface area contributed by atoms with Gasteiger partial charge in [0.25, 0.3) is 0 Å². The topological polar surface area (TPSA) is 40.1 Å². The number of hydrogen-bond acceptors (Lipinski definition) is 2. The SMILES string of the molecule is [2H]C([2H])(C(=O)[O-])C([2H])([2H])[Si](C)(C)C.[Na+]. The molecule has 0 aromatic rings. The van der Waals surface area contributed by atoms with Crippen LogP contribution in [-0.4, -0.2) is 14.0 Å². The number of carboxylic acids is 1. The largest absolute Gasteiger partial charge is 1.00 e. The van der Waals surface area contributed by atoms with Crippen molar-refractivity contribution in [1.82, 2.24) is 0 Å². The van der Waals surface area contributed by atoms with Crippen molar-refractivity contribution in [3.63, 3.8) is 0 Å². The summed E-state index contributed by atoms with van der Waals surface area (Å²) < 4.78 is 29.1. The van der Waals surface area contributed by atoms with Crippen molar-refractivity contribution in [3.8, 4) is 0 Å². The standard InChI is InChI=1S/C6H14O2Si.Na/c1-9(2,3)5-4-6(7)8;/h4-5H2,1-3H3,(H,7,8);/q;+1/p-1/i4D2,5D2;. The summed E-state index contributed by atoms with van der Waals surface area (Å²) in [6, 6.07) is 0. The minimum absolute atomic E-state index is 0. The fourth-order valence-electron chi connectivity index (χ4n) is 0.239. The summed E-state index contributed by atoms with van der Waals surface area (Å²) in [5, 5.41) is 10.4. The smallest absolute Gasteiger partial charge is 0.550 e. The van der Waals surface area contributed by atoms with Gasteiger partial charge in [-0.05, 0) is 6.37 Å². The molecule has 10 heavy (non-hydrogen) atoms. The van der Waals surface area contributed by atoms with Crippen molar-refractivity contribution in [2.24, 2.45) is 0 Å². The zero-order chi connectivity index (χ0) is 11.1. The van der Waals surface area contributed by atoms with E-state index in [0.29, 0.717) is 0 Å². The Bertz CT molecular complexity index is 226. The van der Waals surface area contributed by atoms with E-state index in [1.165, 1.54) is 0 Å². The van der Waals surface area contributed by atoms with Crippen LogP contribution in [0.1, 0.15) is 11.9 Å². The number of rotatable bonds is 3. The number of carbonyl (C=O) groups excluding carboxylic acids is 1. The number of carboxylic acid groups (broad SMARTS) is 1. The Morgan fingerprint density at radius 2 is 2.00 bits per heavy atom. The molecule has 0 radical (unpaired) electrons. The molecule has 4 heteroatoms. The predicted octanol–water partition coefficient (Wildman–Crippen LogP) is -2.53. The van der Waals surface area contributed by atoms with E-state index in [-0.39, 0.29) is 29.6 Å². The van der Waals surface area contributed by atoms with Gasteiger partial charge in [0.05, 0.1) is 0 Å². The monoisotopic (exact) mass is 172 g/mol. The van der Waals surface area contributed by atoms with Crippen molar-refractivity contribution in [2.75, 3.05) is 0 Å². The maximum Gasteiger partial charge on any atom is 1.00 e. The molecule has 0 spiro atoms. The fourth-order valence-corrected chi connectivity index (χ4v) is 0.716. The maximum absolute atomic E-state index is 10.4. The first kappa shape index (κ1) is 6.23.